The van der Waals surface area contributed by atoms with Crippen molar-refractivity contribution >= 4 is 43.2 Å². The first-order valence-corrected chi connectivity index (χ1v) is 18.3. The Morgan fingerprint density at radius 3 is 1.73 bits per heavy atom. The molecule has 11 rings (SSSR count). The zero-order chi connectivity index (χ0) is 34.6. The molecule has 1 aliphatic carbocycles. The first kappa shape index (κ1) is 29.3. The predicted molar refractivity (Wildman–Crippen MR) is 221 cm³/mol. The molecule has 0 saturated carbocycles. The molecule has 10 aromatic rings. The molecule has 0 spiro atoms. The van der Waals surface area contributed by atoms with Gasteiger partial charge in [0, 0.05) is 22.1 Å². The van der Waals surface area contributed by atoms with E-state index in [0.29, 0.717) is 0 Å². The Kier molecular flexibility index (Phi) is 6.08. The van der Waals surface area contributed by atoms with Gasteiger partial charge >= 0.3 is 0 Å². The number of nitrogens with zero attached hydrogens (tertiary/aromatic N) is 1. The Labute approximate surface area is 303 Å². The normalized spacial score (nSPS) is 13.3. The van der Waals surface area contributed by atoms with Gasteiger partial charge in [-0.15, -0.1) is 0 Å². The quantitative estimate of drug-likeness (QED) is 0.165. The molecule has 0 fully saturated rings. The summed E-state index contributed by atoms with van der Waals surface area (Å²) >= 11 is 0. The molecule has 0 N–H and O–H groups in total. The molecular weight excluding hydrogens is 627 g/mol. The van der Waals surface area contributed by atoms with Crippen LogP contribution in [0.5, 0.6) is 0 Å². The Hall–Kier alpha value is -6.44. The minimum atomic E-state index is -0.171. The third-order valence-electron chi connectivity index (χ3n) is 11.7. The molecular formula is C51H35N. The summed E-state index contributed by atoms with van der Waals surface area (Å²) in [4.78, 5) is 0. The standard InChI is InChI=1S/C51H35N/c1-51(2)45-19-10-9-18-43(45)50-49(51)44-31-37(41-25-22-36-21-20-34-16-11-17-35-23-26-42(41)48(36)47(34)35)24-27-46(44)52(50)40-29-38(32-12-5-3-6-13-32)28-39(30-40)33-14-7-4-8-15-33/h3-31H,1-2H3. The van der Waals surface area contributed by atoms with Gasteiger partial charge in [-0.25, -0.2) is 0 Å². The monoisotopic (exact) mass is 661 g/mol. The minimum Gasteiger partial charge on any atom is -0.309 e. The van der Waals surface area contributed by atoms with Gasteiger partial charge in [-0.05, 0) is 107 Å². The second-order valence-corrected chi connectivity index (χ2v) is 14.9. The van der Waals surface area contributed by atoms with Crippen LogP contribution in [0.3, 0.4) is 0 Å². The van der Waals surface area contributed by atoms with Crippen LogP contribution in [-0.4, -0.2) is 4.57 Å². The maximum atomic E-state index is 2.55. The molecule has 1 nitrogen and oxygen atoms in total. The number of aromatic nitrogens is 1. The van der Waals surface area contributed by atoms with Crippen LogP contribution in [0.2, 0.25) is 0 Å². The summed E-state index contributed by atoms with van der Waals surface area (Å²) in [5.41, 5.74) is 15.0. The van der Waals surface area contributed by atoms with Gasteiger partial charge < -0.3 is 4.57 Å². The van der Waals surface area contributed by atoms with Crippen molar-refractivity contribution in [2.45, 2.75) is 19.3 Å². The first-order chi connectivity index (χ1) is 25.5. The van der Waals surface area contributed by atoms with Crippen LogP contribution < -0.4 is 0 Å². The van der Waals surface area contributed by atoms with Gasteiger partial charge in [0.15, 0.2) is 0 Å². The molecule has 0 radical (unpaired) electrons. The summed E-state index contributed by atoms with van der Waals surface area (Å²) < 4.78 is 2.55. The summed E-state index contributed by atoms with van der Waals surface area (Å²) in [6.45, 7) is 4.81. The average molecular weight is 662 g/mol. The van der Waals surface area contributed by atoms with Gasteiger partial charge in [0.1, 0.15) is 0 Å². The number of benzene rings is 9. The molecule has 1 heteroatoms. The van der Waals surface area contributed by atoms with E-state index in [1.165, 1.54) is 105 Å². The van der Waals surface area contributed by atoms with Gasteiger partial charge in [0.2, 0.25) is 0 Å². The lowest BCUT2D eigenvalue weighted by atomic mass is 9.81. The number of fused-ring (bicyclic) bond motifs is 5. The molecule has 0 unspecified atom stereocenters. The minimum absolute atomic E-state index is 0.171. The predicted octanol–water partition coefficient (Wildman–Crippen LogP) is 13.8. The van der Waals surface area contributed by atoms with E-state index in [0.717, 1.165) is 0 Å². The van der Waals surface area contributed by atoms with E-state index < -0.39 is 0 Å². The second-order valence-electron chi connectivity index (χ2n) is 14.9. The van der Waals surface area contributed by atoms with Crippen molar-refractivity contribution in [1.82, 2.24) is 4.57 Å². The zero-order valence-electron chi connectivity index (χ0n) is 29.2. The lowest BCUT2D eigenvalue weighted by Crippen LogP contribution is -2.14. The van der Waals surface area contributed by atoms with E-state index >= 15 is 0 Å². The van der Waals surface area contributed by atoms with Crippen LogP contribution in [0.15, 0.2) is 176 Å². The highest BCUT2D eigenvalue weighted by Crippen LogP contribution is 2.54. The Morgan fingerprint density at radius 2 is 1.02 bits per heavy atom. The van der Waals surface area contributed by atoms with E-state index in [-0.39, 0.29) is 5.41 Å². The van der Waals surface area contributed by atoms with Crippen molar-refractivity contribution in [1.29, 1.82) is 0 Å². The molecule has 9 aromatic carbocycles. The van der Waals surface area contributed by atoms with Crippen molar-refractivity contribution in [3.8, 4) is 50.3 Å². The number of hydrogen-bond donors (Lipinski definition) is 0. The van der Waals surface area contributed by atoms with E-state index in [1.807, 2.05) is 0 Å². The van der Waals surface area contributed by atoms with E-state index in [9.17, 15) is 0 Å². The zero-order valence-corrected chi connectivity index (χ0v) is 29.2. The van der Waals surface area contributed by atoms with E-state index in [2.05, 4.69) is 194 Å². The fourth-order valence-corrected chi connectivity index (χ4v) is 9.31. The van der Waals surface area contributed by atoms with Crippen molar-refractivity contribution < 1.29 is 0 Å². The van der Waals surface area contributed by atoms with Crippen LogP contribution in [0.4, 0.5) is 0 Å². The molecule has 0 atom stereocenters. The summed E-state index contributed by atoms with van der Waals surface area (Å²) in [5.74, 6) is 0. The lowest BCUT2D eigenvalue weighted by molar-refractivity contribution is 0.666. The SMILES string of the molecule is CC1(C)c2ccccc2-c2c1c1cc(-c3ccc4ccc5cccc6ccc3c4c56)ccc1n2-c1cc(-c2ccccc2)cc(-c2ccccc2)c1. The van der Waals surface area contributed by atoms with Gasteiger partial charge in [-0.2, -0.15) is 0 Å². The highest BCUT2D eigenvalue weighted by molar-refractivity contribution is 6.25. The largest absolute Gasteiger partial charge is 0.309 e. The summed E-state index contributed by atoms with van der Waals surface area (Å²) in [6.07, 6.45) is 0. The van der Waals surface area contributed by atoms with Gasteiger partial charge in [0.05, 0.1) is 11.2 Å². The Bertz CT molecular complexity index is 2940. The van der Waals surface area contributed by atoms with Crippen molar-refractivity contribution in [2.75, 3.05) is 0 Å². The van der Waals surface area contributed by atoms with Crippen LogP contribution in [0.1, 0.15) is 25.0 Å². The molecule has 0 amide bonds. The Balaban J connectivity index is 1.21. The van der Waals surface area contributed by atoms with Crippen LogP contribution in [0.25, 0.3) is 93.5 Å². The van der Waals surface area contributed by atoms with Gasteiger partial charge in [-0.3, -0.25) is 0 Å². The molecule has 0 bridgehead atoms. The third-order valence-corrected chi connectivity index (χ3v) is 11.7. The molecule has 1 aliphatic rings. The van der Waals surface area contributed by atoms with Crippen molar-refractivity contribution in [3.63, 3.8) is 0 Å². The lowest BCUT2D eigenvalue weighted by Gasteiger charge is -2.21. The fraction of sp³-hybridized carbons (Fsp3) is 0.0588. The smallest absolute Gasteiger partial charge is 0.0585 e. The number of rotatable bonds is 4. The Morgan fingerprint density at radius 1 is 0.404 bits per heavy atom. The molecule has 0 aliphatic heterocycles. The van der Waals surface area contributed by atoms with Gasteiger partial charge in [0.25, 0.3) is 0 Å². The average Bonchev–Trinajstić information content (AvgIpc) is 3.67. The van der Waals surface area contributed by atoms with Crippen molar-refractivity contribution in [2.24, 2.45) is 0 Å². The van der Waals surface area contributed by atoms with E-state index in [1.54, 1.807) is 0 Å². The highest BCUT2D eigenvalue weighted by atomic mass is 15.0. The van der Waals surface area contributed by atoms with Gasteiger partial charge in [-0.1, -0.05) is 159 Å². The molecule has 0 saturated heterocycles. The van der Waals surface area contributed by atoms with Crippen molar-refractivity contribution in [3.05, 3.63) is 187 Å². The number of hydrogen-bond acceptors (Lipinski definition) is 0. The summed E-state index contributed by atoms with van der Waals surface area (Å²) in [7, 11) is 0. The topological polar surface area (TPSA) is 4.93 Å². The molecule has 1 heterocycles. The maximum absolute atomic E-state index is 2.55. The molecule has 52 heavy (non-hydrogen) atoms. The first-order valence-electron chi connectivity index (χ1n) is 18.3. The summed E-state index contributed by atoms with van der Waals surface area (Å²) in [5, 5.41) is 9.22. The van der Waals surface area contributed by atoms with Crippen LogP contribution >= 0.6 is 0 Å². The molecule has 244 valence electrons. The highest BCUT2D eigenvalue weighted by Gasteiger charge is 2.40. The van der Waals surface area contributed by atoms with E-state index in [4.69, 9.17) is 0 Å². The summed E-state index contributed by atoms with van der Waals surface area (Å²) in [6, 6.07) is 65.3. The molecule has 1 aromatic heterocycles. The third kappa shape index (κ3) is 4.11. The second kappa shape index (κ2) is 10.8. The maximum Gasteiger partial charge on any atom is 0.0585 e. The van der Waals surface area contributed by atoms with Crippen LogP contribution in [-0.2, 0) is 5.41 Å². The van der Waals surface area contributed by atoms with Crippen LogP contribution in [0, 0.1) is 0 Å². The fourth-order valence-electron chi connectivity index (χ4n) is 9.31.